The Hall–Kier alpha value is -4.07. The van der Waals surface area contributed by atoms with Gasteiger partial charge in [-0.1, -0.05) is 55.0 Å². The number of carboxylic acid groups (broad SMARTS) is 1. The molecule has 8 heteroatoms. The lowest BCUT2D eigenvalue weighted by atomic mass is 9.98. The van der Waals surface area contributed by atoms with E-state index in [2.05, 4.69) is 22.8 Å². The molecule has 2 aliphatic rings. The van der Waals surface area contributed by atoms with Gasteiger partial charge in [0, 0.05) is 18.0 Å². The SMILES string of the molecule is O=C(O)C[C@@H]1CCC[C@H]1NC(=O)c1occc1NC(=O)OCC1c2ccccc2-c2ccccc21. The van der Waals surface area contributed by atoms with Crippen LogP contribution < -0.4 is 10.6 Å². The first-order valence-corrected chi connectivity index (χ1v) is 11.7. The second kappa shape index (κ2) is 9.66. The molecule has 3 aromatic rings. The minimum Gasteiger partial charge on any atom is -0.481 e. The molecule has 1 saturated carbocycles. The van der Waals surface area contributed by atoms with E-state index in [0.29, 0.717) is 6.42 Å². The molecule has 180 valence electrons. The Labute approximate surface area is 202 Å². The van der Waals surface area contributed by atoms with Gasteiger partial charge >= 0.3 is 12.1 Å². The molecule has 8 nitrogen and oxygen atoms in total. The van der Waals surface area contributed by atoms with Gasteiger partial charge in [-0.05, 0) is 41.0 Å². The van der Waals surface area contributed by atoms with Crippen molar-refractivity contribution in [3.8, 4) is 11.1 Å². The molecule has 0 unspecified atom stereocenters. The van der Waals surface area contributed by atoms with Crippen LogP contribution in [0.1, 0.15) is 53.3 Å². The molecule has 2 amide bonds. The highest BCUT2D eigenvalue weighted by atomic mass is 16.5. The smallest absolute Gasteiger partial charge is 0.411 e. The fraction of sp³-hybridized carbons (Fsp3) is 0.296. The third-order valence-electron chi connectivity index (χ3n) is 6.86. The van der Waals surface area contributed by atoms with E-state index in [-0.39, 0.29) is 42.4 Å². The number of carbonyl (C=O) groups is 3. The highest BCUT2D eigenvalue weighted by Gasteiger charge is 2.32. The van der Waals surface area contributed by atoms with Gasteiger partial charge in [-0.15, -0.1) is 0 Å². The molecule has 5 rings (SSSR count). The number of carboxylic acids is 1. The van der Waals surface area contributed by atoms with Crippen LogP contribution in [0.15, 0.2) is 65.3 Å². The van der Waals surface area contributed by atoms with Crippen molar-refractivity contribution in [2.24, 2.45) is 5.92 Å². The number of rotatable bonds is 7. The van der Waals surface area contributed by atoms with Crippen LogP contribution in [-0.4, -0.2) is 35.7 Å². The average Bonchev–Trinajstić information content (AvgIpc) is 3.56. The predicted octanol–water partition coefficient (Wildman–Crippen LogP) is 5.01. The van der Waals surface area contributed by atoms with E-state index in [0.717, 1.165) is 35.1 Å². The number of fused-ring (bicyclic) bond motifs is 3. The minimum absolute atomic E-state index is 0.00790. The Kier molecular flexibility index (Phi) is 6.27. The van der Waals surface area contributed by atoms with Gasteiger partial charge in [-0.3, -0.25) is 14.9 Å². The molecular formula is C27H26N2O6. The van der Waals surface area contributed by atoms with E-state index in [1.54, 1.807) is 0 Å². The number of hydrogen-bond donors (Lipinski definition) is 3. The molecule has 1 aromatic heterocycles. The first kappa shape index (κ1) is 22.7. The highest BCUT2D eigenvalue weighted by molar-refractivity contribution is 6.00. The largest absolute Gasteiger partial charge is 0.481 e. The molecule has 0 aliphatic heterocycles. The van der Waals surface area contributed by atoms with Crippen LogP contribution in [-0.2, 0) is 9.53 Å². The van der Waals surface area contributed by atoms with Crippen molar-refractivity contribution < 1.29 is 28.6 Å². The summed E-state index contributed by atoms with van der Waals surface area (Å²) in [5.74, 6) is -1.61. The lowest BCUT2D eigenvalue weighted by molar-refractivity contribution is -0.138. The molecule has 35 heavy (non-hydrogen) atoms. The number of carbonyl (C=O) groups excluding carboxylic acids is 2. The summed E-state index contributed by atoms with van der Waals surface area (Å²) in [6.45, 7) is 0.151. The molecule has 0 bridgehead atoms. The van der Waals surface area contributed by atoms with Crippen molar-refractivity contribution in [2.45, 2.75) is 37.6 Å². The number of ether oxygens (including phenoxy) is 1. The summed E-state index contributed by atoms with van der Waals surface area (Å²) in [6, 6.07) is 17.4. The van der Waals surface area contributed by atoms with Gasteiger partial charge < -0.3 is 19.6 Å². The maximum absolute atomic E-state index is 12.8. The van der Waals surface area contributed by atoms with E-state index in [1.165, 1.54) is 12.3 Å². The second-order valence-corrected chi connectivity index (χ2v) is 8.98. The maximum Gasteiger partial charge on any atom is 0.411 e. The van der Waals surface area contributed by atoms with Gasteiger partial charge in [0.05, 0.1) is 18.4 Å². The number of amides is 2. The van der Waals surface area contributed by atoms with Crippen LogP contribution in [0.2, 0.25) is 0 Å². The molecular weight excluding hydrogens is 448 g/mol. The summed E-state index contributed by atoms with van der Waals surface area (Å²) < 4.78 is 10.9. The van der Waals surface area contributed by atoms with Crippen molar-refractivity contribution >= 4 is 23.7 Å². The highest BCUT2D eigenvalue weighted by Crippen LogP contribution is 2.44. The number of furan rings is 1. The standard InChI is InChI=1S/C27H26N2O6/c30-24(31)14-16-6-5-11-22(16)28-26(32)25-23(12-13-34-25)29-27(33)35-15-21-19-9-3-1-7-17(19)18-8-2-4-10-20(18)21/h1-4,7-10,12-13,16,21-22H,5-6,11,14-15H2,(H,28,32)(H,29,33)(H,30,31)/t16-,22+/m0/s1. The first-order valence-electron chi connectivity index (χ1n) is 11.7. The van der Waals surface area contributed by atoms with Gasteiger partial charge in [0.1, 0.15) is 6.61 Å². The zero-order chi connectivity index (χ0) is 24.4. The fourth-order valence-electron chi connectivity index (χ4n) is 5.26. The number of nitrogens with one attached hydrogen (secondary N) is 2. The van der Waals surface area contributed by atoms with Gasteiger partial charge in [-0.25, -0.2) is 4.79 Å². The summed E-state index contributed by atoms with van der Waals surface area (Å²) in [5.41, 5.74) is 4.69. The molecule has 2 aliphatic carbocycles. The normalized spacial score (nSPS) is 18.5. The van der Waals surface area contributed by atoms with Gasteiger partial charge in [0.25, 0.3) is 5.91 Å². The summed E-state index contributed by atoms with van der Waals surface area (Å²) in [4.78, 5) is 36.5. The van der Waals surface area contributed by atoms with Crippen LogP contribution in [0.4, 0.5) is 10.5 Å². The Balaban J connectivity index is 1.22. The Morgan fingerprint density at radius 1 is 0.971 bits per heavy atom. The minimum atomic E-state index is -0.883. The third-order valence-corrected chi connectivity index (χ3v) is 6.86. The van der Waals surface area contributed by atoms with Crippen LogP contribution >= 0.6 is 0 Å². The maximum atomic E-state index is 12.8. The molecule has 2 aromatic carbocycles. The third kappa shape index (κ3) is 4.64. The molecule has 0 spiro atoms. The topological polar surface area (TPSA) is 118 Å². The molecule has 1 fully saturated rings. The fourth-order valence-corrected chi connectivity index (χ4v) is 5.26. The van der Waals surface area contributed by atoms with Gasteiger partial charge in [0.15, 0.2) is 0 Å². The van der Waals surface area contributed by atoms with Crippen molar-refractivity contribution in [3.05, 3.63) is 77.7 Å². The van der Waals surface area contributed by atoms with Crippen molar-refractivity contribution in [1.82, 2.24) is 5.32 Å². The molecule has 0 saturated heterocycles. The lowest BCUT2D eigenvalue weighted by Gasteiger charge is -2.19. The zero-order valence-corrected chi connectivity index (χ0v) is 19.0. The predicted molar refractivity (Wildman–Crippen MR) is 128 cm³/mol. The van der Waals surface area contributed by atoms with E-state index in [1.807, 2.05) is 36.4 Å². The number of aliphatic carboxylic acids is 1. The van der Waals surface area contributed by atoms with E-state index >= 15 is 0 Å². The lowest BCUT2D eigenvalue weighted by Crippen LogP contribution is -2.38. The van der Waals surface area contributed by atoms with E-state index in [4.69, 9.17) is 14.3 Å². The van der Waals surface area contributed by atoms with E-state index < -0.39 is 18.0 Å². The average molecular weight is 475 g/mol. The Morgan fingerprint density at radius 3 is 2.34 bits per heavy atom. The van der Waals surface area contributed by atoms with Crippen LogP contribution in [0.3, 0.4) is 0 Å². The summed E-state index contributed by atoms with van der Waals surface area (Å²) >= 11 is 0. The number of anilines is 1. The zero-order valence-electron chi connectivity index (χ0n) is 19.0. The van der Waals surface area contributed by atoms with Crippen LogP contribution in [0.25, 0.3) is 11.1 Å². The molecule has 1 heterocycles. The van der Waals surface area contributed by atoms with Crippen LogP contribution in [0, 0.1) is 5.92 Å². The molecule has 0 radical (unpaired) electrons. The van der Waals surface area contributed by atoms with Crippen LogP contribution in [0.5, 0.6) is 0 Å². The van der Waals surface area contributed by atoms with Crippen molar-refractivity contribution in [2.75, 3.05) is 11.9 Å². The van der Waals surface area contributed by atoms with E-state index in [9.17, 15) is 14.4 Å². The molecule has 2 atom stereocenters. The molecule has 3 N–H and O–H groups in total. The first-order chi connectivity index (χ1) is 17.0. The monoisotopic (exact) mass is 474 g/mol. The number of benzene rings is 2. The quantitative estimate of drug-likeness (QED) is 0.443. The van der Waals surface area contributed by atoms with Crippen molar-refractivity contribution in [3.63, 3.8) is 0 Å². The van der Waals surface area contributed by atoms with Crippen molar-refractivity contribution in [1.29, 1.82) is 0 Å². The van der Waals surface area contributed by atoms with Gasteiger partial charge in [0.2, 0.25) is 5.76 Å². The Bertz CT molecular complexity index is 1220. The summed E-state index contributed by atoms with van der Waals surface area (Å²) in [7, 11) is 0. The number of hydrogen-bond acceptors (Lipinski definition) is 5. The Morgan fingerprint density at radius 2 is 1.66 bits per heavy atom. The second-order valence-electron chi connectivity index (χ2n) is 8.98. The summed E-state index contributed by atoms with van der Waals surface area (Å²) in [5, 5.41) is 14.6. The van der Waals surface area contributed by atoms with Gasteiger partial charge in [-0.2, -0.15) is 0 Å². The summed E-state index contributed by atoms with van der Waals surface area (Å²) in [6.07, 6.45) is 2.95.